The van der Waals surface area contributed by atoms with Crippen LogP contribution in [0.25, 0.3) is 11.5 Å². The van der Waals surface area contributed by atoms with E-state index in [1.807, 2.05) is 13.8 Å². The van der Waals surface area contributed by atoms with Crippen LogP contribution in [0.2, 0.25) is 0 Å². The van der Waals surface area contributed by atoms with E-state index in [9.17, 15) is 9.18 Å². The number of nitrogens with zero attached hydrogens (tertiary/aromatic N) is 3. The van der Waals surface area contributed by atoms with Gasteiger partial charge in [-0.05, 0) is 26.0 Å². The van der Waals surface area contributed by atoms with Crippen LogP contribution in [-0.2, 0) is 0 Å². The number of benzene rings is 1. The van der Waals surface area contributed by atoms with E-state index >= 15 is 0 Å². The predicted octanol–water partition coefficient (Wildman–Crippen LogP) is 2.36. The van der Waals surface area contributed by atoms with Gasteiger partial charge in [-0.3, -0.25) is 4.79 Å². The number of rotatable bonds is 4. The number of halogens is 1. The van der Waals surface area contributed by atoms with Crippen molar-refractivity contribution < 1.29 is 13.6 Å². The molecular formula is C13H14FN3O2. The van der Waals surface area contributed by atoms with Crippen molar-refractivity contribution in [3.05, 3.63) is 36.0 Å². The van der Waals surface area contributed by atoms with Crippen molar-refractivity contribution in [1.82, 2.24) is 15.1 Å². The number of carbonyl (C=O) groups is 1. The number of hydrogen-bond acceptors (Lipinski definition) is 4. The molecule has 0 aliphatic rings. The van der Waals surface area contributed by atoms with E-state index in [4.69, 9.17) is 4.42 Å². The largest absolute Gasteiger partial charge is 0.412 e. The van der Waals surface area contributed by atoms with E-state index < -0.39 is 5.82 Å². The highest BCUT2D eigenvalue weighted by molar-refractivity contribution is 5.89. The van der Waals surface area contributed by atoms with Crippen LogP contribution in [0.15, 0.2) is 28.7 Å². The van der Waals surface area contributed by atoms with Crippen molar-refractivity contribution in [2.45, 2.75) is 13.8 Å². The van der Waals surface area contributed by atoms with E-state index in [0.717, 1.165) is 0 Å². The topological polar surface area (TPSA) is 59.2 Å². The number of carbonyl (C=O) groups excluding carboxylic acids is 1. The molecule has 0 aliphatic carbocycles. The van der Waals surface area contributed by atoms with Crippen molar-refractivity contribution in [1.29, 1.82) is 0 Å². The molecule has 2 rings (SSSR count). The Labute approximate surface area is 110 Å². The molecule has 0 spiro atoms. The van der Waals surface area contributed by atoms with Gasteiger partial charge in [0.25, 0.3) is 5.89 Å². The molecule has 0 bridgehead atoms. The van der Waals surface area contributed by atoms with Gasteiger partial charge in [0.1, 0.15) is 5.82 Å². The Morgan fingerprint density at radius 2 is 1.95 bits per heavy atom. The lowest BCUT2D eigenvalue weighted by molar-refractivity contribution is 0.0733. The van der Waals surface area contributed by atoms with E-state index in [0.29, 0.717) is 13.1 Å². The molecule has 0 unspecified atom stereocenters. The number of hydrogen-bond donors (Lipinski definition) is 0. The second-order valence-electron chi connectivity index (χ2n) is 3.87. The lowest BCUT2D eigenvalue weighted by atomic mass is 10.2. The quantitative estimate of drug-likeness (QED) is 0.849. The summed E-state index contributed by atoms with van der Waals surface area (Å²) in [5.41, 5.74) is 0.189. The van der Waals surface area contributed by atoms with Gasteiger partial charge in [-0.2, -0.15) is 0 Å². The van der Waals surface area contributed by atoms with Crippen molar-refractivity contribution in [3.63, 3.8) is 0 Å². The number of amides is 1. The van der Waals surface area contributed by atoms with Crippen molar-refractivity contribution in [2.24, 2.45) is 0 Å². The zero-order valence-electron chi connectivity index (χ0n) is 10.8. The predicted molar refractivity (Wildman–Crippen MR) is 66.9 cm³/mol. The second kappa shape index (κ2) is 5.60. The maximum absolute atomic E-state index is 13.6. The molecule has 0 saturated heterocycles. The van der Waals surface area contributed by atoms with Crippen LogP contribution in [0.5, 0.6) is 0 Å². The molecular weight excluding hydrogens is 249 g/mol. The summed E-state index contributed by atoms with van der Waals surface area (Å²) >= 11 is 0. The van der Waals surface area contributed by atoms with Gasteiger partial charge in [-0.15, -0.1) is 10.2 Å². The van der Waals surface area contributed by atoms with Gasteiger partial charge in [-0.1, -0.05) is 12.1 Å². The number of aromatic nitrogens is 2. The Bertz CT molecular complexity index is 579. The second-order valence-corrected chi connectivity index (χ2v) is 3.87. The maximum Gasteiger partial charge on any atom is 0.311 e. The van der Waals surface area contributed by atoms with Crippen molar-refractivity contribution in [2.75, 3.05) is 13.1 Å². The molecule has 2 aromatic rings. The average molecular weight is 263 g/mol. The fourth-order valence-electron chi connectivity index (χ4n) is 1.70. The SMILES string of the molecule is CCN(CC)C(=O)c1nnc(-c2ccccc2F)o1. The van der Waals surface area contributed by atoms with Gasteiger partial charge < -0.3 is 9.32 Å². The molecule has 5 nitrogen and oxygen atoms in total. The summed E-state index contributed by atoms with van der Waals surface area (Å²) in [5.74, 6) is -0.927. The lowest BCUT2D eigenvalue weighted by Gasteiger charge is -2.15. The van der Waals surface area contributed by atoms with Crippen LogP contribution in [0.1, 0.15) is 24.5 Å². The summed E-state index contributed by atoms with van der Waals surface area (Å²) < 4.78 is 18.8. The summed E-state index contributed by atoms with van der Waals surface area (Å²) in [6, 6.07) is 6.05. The third-order valence-corrected chi connectivity index (χ3v) is 2.76. The molecule has 0 radical (unpaired) electrons. The molecule has 0 fully saturated rings. The Morgan fingerprint density at radius 1 is 1.26 bits per heavy atom. The molecule has 0 atom stereocenters. The highest BCUT2D eigenvalue weighted by atomic mass is 19.1. The third kappa shape index (κ3) is 2.62. The maximum atomic E-state index is 13.6. The van der Waals surface area contributed by atoms with Crippen LogP contribution in [0.3, 0.4) is 0 Å². The zero-order chi connectivity index (χ0) is 13.8. The minimum atomic E-state index is -0.465. The lowest BCUT2D eigenvalue weighted by Crippen LogP contribution is -2.30. The standard InChI is InChI=1S/C13H14FN3O2/c1-3-17(4-2)13(18)12-16-15-11(19-12)9-7-5-6-8-10(9)14/h5-8H,3-4H2,1-2H3. The molecule has 0 N–H and O–H groups in total. The Balaban J connectivity index is 2.29. The summed E-state index contributed by atoms with van der Waals surface area (Å²) in [5, 5.41) is 7.39. The fourth-order valence-corrected chi connectivity index (χ4v) is 1.70. The highest BCUT2D eigenvalue weighted by Gasteiger charge is 2.21. The summed E-state index contributed by atoms with van der Waals surface area (Å²) in [7, 11) is 0. The third-order valence-electron chi connectivity index (χ3n) is 2.76. The Kier molecular flexibility index (Phi) is 3.89. The van der Waals surface area contributed by atoms with Crippen LogP contribution in [0, 0.1) is 5.82 Å². The minimum Gasteiger partial charge on any atom is -0.412 e. The molecule has 6 heteroatoms. The molecule has 0 aliphatic heterocycles. The Morgan fingerprint density at radius 3 is 2.58 bits per heavy atom. The van der Waals surface area contributed by atoms with E-state index in [-0.39, 0.29) is 23.3 Å². The first kappa shape index (κ1) is 13.2. The molecule has 100 valence electrons. The normalized spacial score (nSPS) is 10.5. The smallest absolute Gasteiger partial charge is 0.311 e. The van der Waals surface area contributed by atoms with Crippen LogP contribution < -0.4 is 0 Å². The minimum absolute atomic E-state index is 0.00797. The van der Waals surface area contributed by atoms with Gasteiger partial charge in [0.05, 0.1) is 5.56 Å². The van der Waals surface area contributed by atoms with Crippen molar-refractivity contribution >= 4 is 5.91 Å². The molecule has 1 aromatic heterocycles. The van der Waals surface area contributed by atoms with E-state index in [2.05, 4.69) is 10.2 Å². The molecule has 19 heavy (non-hydrogen) atoms. The van der Waals surface area contributed by atoms with E-state index in [1.54, 1.807) is 17.0 Å². The first-order chi connectivity index (χ1) is 9.17. The van der Waals surface area contributed by atoms with Gasteiger partial charge >= 0.3 is 11.8 Å². The summed E-state index contributed by atoms with van der Waals surface area (Å²) in [4.78, 5) is 13.5. The van der Waals surface area contributed by atoms with Crippen LogP contribution in [0.4, 0.5) is 4.39 Å². The van der Waals surface area contributed by atoms with Crippen LogP contribution >= 0.6 is 0 Å². The van der Waals surface area contributed by atoms with Gasteiger partial charge in [0.2, 0.25) is 0 Å². The zero-order valence-corrected chi connectivity index (χ0v) is 10.8. The highest BCUT2D eigenvalue weighted by Crippen LogP contribution is 2.21. The van der Waals surface area contributed by atoms with Gasteiger partial charge in [-0.25, -0.2) is 4.39 Å². The molecule has 1 aromatic carbocycles. The fraction of sp³-hybridized carbons (Fsp3) is 0.308. The van der Waals surface area contributed by atoms with Gasteiger partial charge in [0.15, 0.2) is 0 Å². The first-order valence-electron chi connectivity index (χ1n) is 6.05. The summed E-state index contributed by atoms with van der Waals surface area (Å²) in [6.45, 7) is 4.81. The average Bonchev–Trinajstić information content (AvgIpc) is 2.90. The van der Waals surface area contributed by atoms with E-state index in [1.165, 1.54) is 12.1 Å². The monoisotopic (exact) mass is 263 g/mol. The first-order valence-corrected chi connectivity index (χ1v) is 6.05. The van der Waals surface area contributed by atoms with Crippen molar-refractivity contribution in [3.8, 4) is 11.5 Å². The molecule has 1 amide bonds. The molecule has 1 heterocycles. The molecule has 0 saturated carbocycles. The Hall–Kier alpha value is -2.24. The van der Waals surface area contributed by atoms with Crippen LogP contribution in [-0.4, -0.2) is 34.1 Å². The van der Waals surface area contributed by atoms with Gasteiger partial charge in [0, 0.05) is 13.1 Å². The summed E-state index contributed by atoms with van der Waals surface area (Å²) in [6.07, 6.45) is 0.